The first-order valence-corrected chi connectivity index (χ1v) is 14.9. The summed E-state index contributed by atoms with van der Waals surface area (Å²) < 4.78 is 12.2. The van der Waals surface area contributed by atoms with Gasteiger partial charge in [-0.1, -0.05) is 96.0 Å². The fourth-order valence-corrected chi connectivity index (χ4v) is 6.57. The van der Waals surface area contributed by atoms with Gasteiger partial charge in [0.25, 0.3) is 0 Å². The molecule has 214 valence electrons. The molecule has 4 nitrogen and oxygen atoms in total. The Labute approximate surface area is 270 Å². The molecule has 1 aliphatic carbocycles. The van der Waals surface area contributed by atoms with E-state index in [1.165, 1.54) is 22.3 Å². The van der Waals surface area contributed by atoms with Crippen molar-refractivity contribution < 1.29 is 9.47 Å². The Morgan fingerprint density at radius 2 is 0.844 bits per heavy atom. The van der Waals surface area contributed by atoms with Crippen molar-refractivity contribution in [3.63, 3.8) is 0 Å². The second kappa shape index (κ2) is 11.5. The molecule has 0 radical (unpaired) electrons. The maximum Gasteiger partial charge on any atom is 0.129 e. The molecule has 6 aromatic carbocycles. The predicted octanol–water partition coefficient (Wildman–Crippen LogP) is 10.7. The molecule has 0 unspecified atom stereocenters. The second-order valence-corrected chi connectivity index (χ2v) is 11.4. The van der Waals surface area contributed by atoms with Gasteiger partial charge in [-0.15, -0.1) is 0 Å². The van der Waals surface area contributed by atoms with Crippen LogP contribution < -0.4 is 9.47 Å². The highest BCUT2D eigenvalue weighted by atomic mass is 35.5. The van der Waals surface area contributed by atoms with Crippen LogP contribution in [0.4, 0.5) is 0 Å². The van der Waals surface area contributed by atoms with Gasteiger partial charge in [-0.2, -0.15) is 10.5 Å². The van der Waals surface area contributed by atoms with Crippen molar-refractivity contribution in [2.75, 3.05) is 0 Å². The highest BCUT2D eigenvalue weighted by molar-refractivity contribution is 6.32. The minimum absolute atomic E-state index is 0.347. The van der Waals surface area contributed by atoms with Crippen LogP contribution in [-0.2, 0) is 5.41 Å². The Morgan fingerprint density at radius 1 is 0.467 bits per heavy atom. The topological polar surface area (TPSA) is 66.0 Å². The molecule has 1 aliphatic rings. The van der Waals surface area contributed by atoms with Crippen molar-refractivity contribution in [1.29, 1.82) is 10.5 Å². The van der Waals surface area contributed by atoms with Crippen molar-refractivity contribution in [2.45, 2.75) is 5.41 Å². The largest absolute Gasteiger partial charge is 0.457 e. The smallest absolute Gasteiger partial charge is 0.129 e. The molecule has 0 amide bonds. The van der Waals surface area contributed by atoms with Crippen molar-refractivity contribution in [3.8, 4) is 46.3 Å². The van der Waals surface area contributed by atoms with E-state index in [2.05, 4.69) is 84.9 Å². The third-order valence-electron chi connectivity index (χ3n) is 8.12. The Balaban J connectivity index is 1.31. The summed E-state index contributed by atoms with van der Waals surface area (Å²) in [6.45, 7) is 0. The fraction of sp³-hybridized carbons (Fsp3) is 0.0256. The highest BCUT2D eigenvalue weighted by Gasteiger charge is 2.45. The number of ether oxygens (including phenoxy) is 2. The normalized spacial score (nSPS) is 12.4. The molecule has 7 rings (SSSR count). The molecule has 6 aromatic rings. The van der Waals surface area contributed by atoms with Gasteiger partial charge in [0.05, 0.1) is 26.6 Å². The lowest BCUT2D eigenvalue weighted by molar-refractivity contribution is 0.482. The molecule has 0 aliphatic heterocycles. The van der Waals surface area contributed by atoms with E-state index in [1.54, 1.807) is 36.4 Å². The van der Waals surface area contributed by atoms with Gasteiger partial charge in [-0.25, -0.2) is 0 Å². The lowest BCUT2D eigenvalue weighted by atomic mass is 9.68. The van der Waals surface area contributed by atoms with Crippen LogP contribution in [0.1, 0.15) is 33.4 Å². The zero-order chi connectivity index (χ0) is 31.0. The van der Waals surface area contributed by atoms with E-state index in [-0.39, 0.29) is 0 Å². The number of nitrogens with zero attached hydrogens (tertiary/aromatic N) is 2. The summed E-state index contributed by atoms with van der Waals surface area (Å²) in [4.78, 5) is 0. The molecule has 0 fully saturated rings. The molecular weight excluding hydrogens is 599 g/mol. The Bertz CT molecular complexity index is 2000. The van der Waals surface area contributed by atoms with Crippen LogP contribution in [0.25, 0.3) is 11.1 Å². The lowest BCUT2D eigenvalue weighted by Gasteiger charge is -2.34. The van der Waals surface area contributed by atoms with E-state index in [4.69, 9.17) is 32.7 Å². The number of rotatable bonds is 6. The molecule has 6 heteroatoms. The van der Waals surface area contributed by atoms with Gasteiger partial charge in [-0.05, 0) is 81.9 Å². The van der Waals surface area contributed by atoms with E-state index >= 15 is 0 Å². The molecule has 0 aromatic heterocycles. The quantitative estimate of drug-likeness (QED) is 0.185. The van der Waals surface area contributed by atoms with Crippen molar-refractivity contribution in [1.82, 2.24) is 0 Å². The molecule has 0 spiro atoms. The summed E-state index contributed by atoms with van der Waals surface area (Å²) in [6.07, 6.45) is 0. The fourth-order valence-electron chi connectivity index (χ4n) is 6.14. The number of hydrogen-bond donors (Lipinski definition) is 0. The predicted molar refractivity (Wildman–Crippen MR) is 176 cm³/mol. The minimum Gasteiger partial charge on any atom is -0.457 e. The molecule has 0 N–H and O–H groups in total. The van der Waals surface area contributed by atoms with Crippen molar-refractivity contribution in [2.24, 2.45) is 0 Å². The lowest BCUT2D eigenvalue weighted by Crippen LogP contribution is -2.28. The van der Waals surface area contributed by atoms with Gasteiger partial charge in [-0.3, -0.25) is 0 Å². The first kappa shape index (κ1) is 28.3. The summed E-state index contributed by atoms with van der Waals surface area (Å²) in [7, 11) is 0. The van der Waals surface area contributed by atoms with Crippen LogP contribution in [0.3, 0.4) is 0 Å². The standard InChI is InChI=1S/C39H22Cl2N2O2/c40-37-21-31(15-9-25(37)23-42)44-29-17-11-27(12-18-29)39(35-7-3-1-5-33(35)34-6-2-4-8-36(34)39)28-13-19-30(20-14-28)45-32-16-10-26(24-43)38(41)22-32/h1-22H. The number of benzene rings is 6. The third-order valence-corrected chi connectivity index (χ3v) is 8.75. The van der Waals surface area contributed by atoms with Crippen LogP contribution in [0, 0.1) is 22.7 Å². The Morgan fingerprint density at radius 3 is 1.22 bits per heavy atom. The monoisotopic (exact) mass is 620 g/mol. The van der Waals surface area contributed by atoms with E-state index in [0.29, 0.717) is 44.2 Å². The van der Waals surface area contributed by atoms with E-state index in [1.807, 2.05) is 24.3 Å². The molecule has 0 saturated heterocycles. The zero-order valence-electron chi connectivity index (χ0n) is 23.7. The minimum atomic E-state index is -0.597. The van der Waals surface area contributed by atoms with Gasteiger partial charge >= 0.3 is 0 Å². The SMILES string of the molecule is N#Cc1ccc(Oc2ccc(C3(c4ccc(Oc5ccc(C#N)c(Cl)c5)cc4)c4ccccc4-c4ccccc43)cc2)cc1Cl. The van der Waals surface area contributed by atoms with Crippen LogP contribution >= 0.6 is 23.2 Å². The van der Waals surface area contributed by atoms with Gasteiger partial charge in [0, 0.05) is 12.1 Å². The number of nitriles is 2. The molecule has 45 heavy (non-hydrogen) atoms. The molecular formula is C39H22Cl2N2O2. The summed E-state index contributed by atoms with van der Waals surface area (Å²) in [6, 6.07) is 47.5. The summed E-state index contributed by atoms with van der Waals surface area (Å²) in [5.41, 5.74) is 7.11. The second-order valence-electron chi connectivity index (χ2n) is 10.6. The van der Waals surface area contributed by atoms with Gasteiger partial charge < -0.3 is 9.47 Å². The number of fused-ring (bicyclic) bond motifs is 3. The first-order valence-electron chi connectivity index (χ1n) is 14.2. The van der Waals surface area contributed by atoms with Crippen LogP contribution in [0.5, 0.6) is 23.0 Å². The van der Waals surface area contributed by atoms with E-state index in [9.17, 15) is 10.5 Å². The summed E-state index contributed by atoms with van der Waals surface area (Å²) in [5.74, 6) is 2.41. The van der Waals surface area contributed by atoms with Crippen LogP contribution in [0.15, 0.2) is 133 Å². The van der Waals surface area contributed by atoms with Crippen molar-refractivity contribution >= 4 is 23.2 Å². The molecule has 0 atom stereocenters. The highest BCUT2D eigenvalue weighted by Crippen LogP contribution is 2.56. The van der Waals surface area contributed by atoms with E-state index < -0.39 is 5.41 Å². The maximum atomic E-state index is 9.20. The Kier molecular flexibility index (Phi) is 7.24. The number of halogens is 2. The molecule has 0 bridgehead atoms. The maximum absolute atomic E-state index is 9.20. The summed E-state index contributed by atoms with van der Waals surface area (Å²) in [5, 5.41) is 19.1. The zero-order valence-corrected chi connectivity index (χ0v) is 25.2. The van der Waals surface area contributed by atoms with Gasteiger partial charge in [0.2, 0.25) is 0 Å². The number of hydrogen-bond acceptors (Lipinski definition) is 4. The molecule has 0 heterocycles. The van der Waals surface area contributed by atoms with Crippen LogP contribution in [-0.4, -0.2) is 0 Å². The van der Waals surface area contributed by atoms with Crippen molar-refractivity contribution in [3.05, 3.63) is 177 Å². The Hall–Kier alpha value is -5.52. The average Bonchev–Trinajstić information content (AvgIpc) is 3.37. The average molecular weight is 622 g/mol. The molecule has 0 saturated carbocycles. The van der Waals surface area contributed by atoms with Gasteiger partial charge in [0.15, 0.2) is 0 Å². The van der Waals surface area contributed by atoms with Crippen LogP contribution in [0.2, 0.25) is 10.0 Å². The third kappa shape index (κ3) is 4.88. The summed E-state index contributed by atoms with van der Waals surface area (Å²) >= 11 is 12.5. The first-order chi connectivity index (χ1) is 22.0. The van der Waals surface area contributed by atoms with E-state index in [0.717, 1.165) is 11.1 Å². The van der Waals surface area contributed by atoms with Gasteiger partial charge in [0.1, 0.15) is 35.1 Å².